The van der Waals surface area contributed by atoms with E-state index >= 15 is 0 Å². The van der Waals surface area contributed by atoms with Gasteiger partial charge in [0, 0.05) is 0 Å². The molecule has 0 amide bonds. The van der Waals surface area contributed by atoms with Crippen molar-refractivity contribution in [1.29, 1.82) is 0 Å². The second kappa shape index (κ2) is 5.85. The summed E-state index contributed by atoms with van der Waals surface area (Å²) in [6.45, 7) is 3.63. The molecule has 5 nitrogen and oxygen atoms in total. The highest BCUT2D eigenvalue weighted by Crippen LogP contribution is 2.11. The Hall–Kier alpha value is -1.91. The van der Waals surface area contributed by atoms with Crippen LogP contribution in [-0.4, -0.2) is 30.0 Å². The third kappa shape index (κ3) is 3.34. The van der Waals surface area contributed by atoms with E-state index in [1.165, 1.54) is 12.3 Å². The zero-order chi connectivity index (χ0) is 12.0. The van der Waals surface area contributed by atoms with E-state index in [0.717, 1.165) is 0 Å². The van der Waals surface area contributed by atoms with Crippen molar-refractivity contribution in [3.05, 3.63) is 24.0 Å². The molecule has 1 unspecified atom stereocenters. The molecular weight excluding hydrogens is 210 g/mol. The normalized spacial score (nSPS) is 11.6. The van der Waals surface area contributed by atoms with Gasteiger partial charge in [-0.3, -0.25) is 4.79 Å². The second-order valence-corrected chi connectivity index (χ2v) is 3.05. The van der Waals surface area contributed by atoms with Crippen LogP contribution in [0.1, 0.15) is 24.3 Å². The Morgan fingerprint density at radius 1 is 1.56 bits per heavy atom. The largest absolute Gasteiger partial charge is 0.477 e. The van der Waals surface area contributed by atoms with Crippen LogP contribution in [0.3, 0.4) is 0 Å². The smallest absolute Gasteiger partial charge is 0.347 e. The molecule has 0 aliphatic heterocycles. The van der Waals surface area contributed by atoms with Crippen LogP contribution in [0.25, 0.3) is 0 Å². The standard InChI is InChI=1S/C11H13NO4/c1-3-15-11(14)8(2)16-10-5-4-9(7-13)12-6-10/h4-8H,3H2,1-2H3. The molecule has 1 rings (SSSR count). The number of aldehydes is 1. The van der Waals surface area contributed by atoms with Crippen LogP contribution in [0.2, 0.25) is 0 Å². The van der Waals surface area contributed by atoms with Gasteiger partial charge >= 0.3 is 5.97 Å². The molecule has 86 valence electrons. The van der Waals surface area contributed by atoms with Crippen molar-refractivity contribution in [2.75, 3.05) is 6.61 Å². The van der Waals surface area contributed by atoms with Crippen molar-refractivity contribution in [3.63, 3.8) is 0 Å². The van der Waals surface area contributed by atoms with Gasteiger partial charge in [-0.2, -0.15) is 0 Å². The van der Waals surface area contributed by atoms with Crippen molar-refractivity contribution in [2.45, 2.75) is 20.0 Å². The topological polar surface area (TPSA) is 65.5 Å². The summed E-state index contributed by atoms with van der Waals surface area (Å²) in [5.41, 5.74) is 0.316. The zero-order valence-electron chi connectivity index (χ0n) is 9.17. The molecular formula is C11H13NO4. The Balaban J connectivity index is 2.58. The summed E-state index contributed by atoms with van der Waals surface area (Å²) in [6.07, 6.45) is 1.33. The minimum atomic E-state index is -0.691. The van der Waals surface area contributed by atoms with Crippen molar-refractivity contribution in [3.8, 4) is 5.75 Å². The third-order valence-electron chi connectivity index (χ3n) is 1.81. The highest BCUT2D eigenvalue weighted by atomic mass is 16.6. The van der Waals surface area contributed by atoms with Gasteiger partial charge in [0.1, 0.15) is 11.4 Å². The summed E-state index contributed by atoms with van der Waals surface area (Å²) in [4.78, 5) is 25.4. The van der Waals surface area contributed by atoms with Crippen molar-refractivity contribution in [2.24, 2.45) is 0 Å². The second-order valence-electron chi connectivity index (χ2n) is 3.05. The molecule has 1 aromatic rings. The summed E-state index contributed by atoms with van der Waals surface area (Å²) >= 11 is 0. The van der Waals surface area contributed by atoms with Crippen LogP contribution < -0.4 is 4.74 Å². The highest BCUT2D eigenvalue weighted by Gasteiger charge is 2.15. The van der Waals surface area contributed by atoms with E-state index in [2.05, 4.69) is 4.98 Å². The predicted molar refractivity (Wildman–Crippen MR) is 56.3 cm³/mol. The van der Waals surface area contributed by atoms with Crippen LogP contribution in [0.5, 0.6) is 5.75 Å². The fourth-order valence-corrected chi connectivity index (χ4v) is 1.04. The van der Waals surface area contributed by atoms with E-state index < -0.39 is 12.1 Å². The van der Waals surface area contributed by atoms with Crippen LogP contribution >= 0.6 is 0 Å². The maximum absolute atomic E-state index is 11.2. The zero-order valence-corrected chi connectivity index (χ0v) is 9.17. The Labute approximate surface area is 93.4 Å². The quantitative estimate of drug-likeness (QED) is 0.554. The van der Waals surface area contributed by atoms with Crippen LogP contribution in [0.4, 0.5) is 0 Å². The van der Waals surface area contributed by atoms with Crippen molar-refractivity contribution < 1.29 is 19.1 Å². The Morgan fingerprint density at radius 3 is 2.81 bits per heavy atom. The number of pyridine rings is 1. The first-order valence-corrected chi connectivity index (χ1v) is 4.92. The van der Waals surface area contributed by atoms with Crippen molar-refractivity contribution >= 4 is 12.3 Å². The summed E-state index contributed by atoms with van der Waals surface area (Å²) in [6, 6.07) is 3.09. The molecule has 16 heavy (non-hydrogen) atoms. The van der Waals surface area contributed by atoms with Gasteiger partial charge in [-0.25, -0.2) is 9.78 Å². The SMILES string of the molecule is CCOC(=O)C(C)Oc1ccc(C=O)nc1. The van der Waals surface area contributed by atoms with Gasteiger partial charge in [0.15, 0.2) is 12.4 Å². The van der Waals surface area contributed by atoms with Crippen LogP contribution in [0.15, 0.2) is 18.3 Å². The summed E-state index contributed by atoms with van der Waals surface area (Å²) in [5.74, 6) is -0.00637. The number of carbonyl (C=O) groups excluding carboxylic acids is 2. The average Bonchev–Trinajstić information content (AvgIpc) is 2.30. The van der Waals surface area contributed by atoms with Gasteiger partial charge < -0.3 is 9.47 Å². The molecule has 0 saturated heterocycles. The van der Waals surface area contributed by atoms with Crippen molar-refractivity contribution in [1.82, 2.24) is 4.98 Å². The lowest BCUT2D eigenvalue weighted by Crippen LogP contribution is -2.26. The first kappa shape index (κ1) is 12.2. The fourth-order valence-electron chi connectivity index (χ4n) is 1.04. The van der Waals surface area contributed by atoms with E-state index in [-0.39, 0.29) is 0 Å². The maximum atomic E-state index is 11.2. The Bertz CT molecular complexity index is 361. The van der Waals surface area contributed by atoms with Gasteiger partial charge in [0.2, 0.25) is 0 Å². The molecule has 1 atom stereocenters. The number of nitrogens with zero attached hydrogens (tertiary/aromatic N) is 1. The molecule has 0 aliphatic carbocycles. The first-order chi connectivity index (χ1) is 7.67. The average molecular weight is 223 g/mol. The van der Waals surface area contributed by atoms with Crippen LogP contribution in [0, 0.1) is 0 Å². The van der Waals surface area contributed by atoms with E-state index in [9.17, 15) is 9.59 Å². The van der Waals surface area contributed by atoms with Gasteiger partial charge in [-0.1, -0.05) is 0 Å². The molecule has 0 fully saturated rings. The lowest BCUT2D eigenvalue weighted by Gasteiger charge is -2.12. The van der Waals surface area contributed by atoms with E-state index in [1.54, 1.807) is 19.9 Å². The minimum Gasteiger partial charge on any atom is -0.477 e. The van der Waals surface area contributed by atoms with Gasteiger partial charge in [-0.05, 0) is 26.0 Å². The molecule has 0 radical (unpaired) electrons. The van der Waals surface area contributed by atoms with Gasteiger partial charge in [0.25, 0.3) is 0 Å². The van der Waals surface area contributed by atoms with E-state index in [0.29, 0.717) is 24.3 Å². The lowest BCUT2D eigenvalue weighted by molar-refractivity contribution is -0.150. The molecule has 1 heterocycles. The summed E-state index contributed by atoms with van der Waals surface area (Å²) in [5, 5.41) is 0. The minimum absolute atomic E-state index is 0.314. The fraction of sp³-hybridized carbons (Fsp3) is 0.364. The molecule has 0 aliphatic rings. The molecule has 5 heteroatoms. The number of ether oxygens (including phenoxy) is 2. The Kier molecular flexibility index (Phi) is 4.44. The number of aromatic nitrogens is 1. The maximum Gasteiger partial charge on any atom is 0.347 e. The predicted octanol–water partition coefficient (Wildman–Crippen LogP) is 1.22. The molecule has 0 bridgehead atoms. The van der Waals surface area contributed by atoms with E-state index in [4.69, 9.17) is 9.47 Å². The third-order valence-corrected chi connectivity index (χ3v) is 1.81. The van der Waals surface area contributed by atoms with Gasteiger partial charge in [-0.15, -0.1) is 0 Å². The number of hydrogen-bond acceptors (Lipinski definition) is 5. The molecule has 0 N–H and O–H groups in total. The lowest BCUT2D eigenvalue weighted by atomic mass is 10.3. The van der Waals surface area contributed by atoms with E-state index in [1.807, 2.05) is 0 Å². The highest BCUT2D eigenvalue weighted by molar-refractivity contribution is 5.74. The number of hydrogen-bond donors (Lipinski definition) is 0. The Morgan fingerprint density at radius 2 is 2.31 bits per heavy atom. The van der Waals surface area contributed by atoms with Gasteiger partial charge in [0.05, 0.1) is 12.8 Å². The molecule has 1 aromatic heterocycles. The number of carbonyl (C=O) groups is 2. The summed E-state index contributed by atoms with van der Waals surface area (Å²) < 4.78 is 10.1. The number of rotatable bonds is 5. The first-order valence-electron chi connectivity index (χ1n) is 4.92. The number of esters is 1. The van der Waals surface area contributed by atoms with Crippen LogP contribution in [-0.2, 0) is 9.53 Å². The molecule has 0 spiro atoms. The summed E-state index contributed by atoms with van der Waals surface area (Å²) in [7, 11) is 0. The molecule has 0 saturated carbocycles. The monoisotopic (exact) mass is 223 g/mol. The molecule has 0 aromatic carbocycles.